The van der Waals surface area contributed by atoms with Gasteiger partial charge >= 0.3 is 0 Å². The summed E-state index contributed by atoms with van der Waals surface area (Å²) in [5, 5.41) is 0. The van der Waals surface area contributed by atoms with E-state index in [2.05, 4.69) is 19.1 Å². The maximum absolute atomic E-state index is 14.4. The SMILES string of the molecule is CCOc1ccc(-c2ccc(C3CCC(CC)CC3)cc2)c(F)c1F. The van der Waals surface area contributed by atoms with Crippen molar-refractivity contribution in [2.75, 3.05) is 6.61 Å². The topological polar surface area (TPSA) is 9.23 Å². The molecule has 2 aromatic carbocycles. The fraction of sp³-hybridized carbons (Fsp3) is 0.455. The van der Waals surface area contributed by atoms with Crippen LogP contribution in [0, 0.1) is 17.6 Å². The third-order valence-electron chi connectivity index (χ3n) is 5.46. The largest absolute Gasteiger partial charge is 0.491 e. The molecule has 0 aromatic heterocycles. The molecule has 3 rings (SSSR count). The molecule has 0 unspecified atom stereocenters. The van der Waals surface area contributed by atoms with Crippen molar-refractivity contribution in [3.63, 3.8) is 0 Å². The van der Waals surface area contributed by atoms with Crippen LogP contribution in [0.3, 0.4) is 0 Å². The highest BCUT2D eigenvalue weighted by molar-refractivity contribution is 5.65. The summed E-state index contributed by atoms with van der Waals surface area (Å²) in [6.07, 6.45) is 6.31. The van der Waals surface area contributed by atoms with Gasteiger partial charge in [0.1, 0.15) is 0 Å². The number of ether oxygens (including phenoxy) is 1. The Hall–Kier alpha value is -1.90. The molecule has 0 heterocycles. The van der Waals surface area contributed by atoms with E-state index >= 15 is 0 Å². The molecule has 1 nitrogen and oxygen atoms in total. The van der Waals surface area contributed by atoms with E-state index in [1.807, 2.05) is 12.1 Å². The monoisotopic (exact) mass is 344 g/mol. The second-order valence-corrected chi connectivity index (χ2v) is 6.92. The lowest BCUT2D eigenvalue weighted by molar-refractivity contribution is 0.314. The summed E-state index contributed by atoms with van der Waals surface area (Å²) in [6, 6.07) is 11.0. The van der Waals surface area contributed by atoms with Crippen LogP contribution in [0.1, 0.15) is 57.4 Å². The normalized spacial score (nSPS) is 20.5. The van der Waals surface area contributed by atoms with Gasteiger partial charge in [-0.15, -0.1) is 0 Å². The maximum atomic E-state index is 14.4. The highest BCUT2D eigenvalue weighted by atomic mass is 19.2. The summed E-state index contributed by atoms with van der Waals surface area (Å²) in [6.45, 7) is 4.33. The van der Waals surface area contributed by atoms with Gasteiger partial charge in [0.05, 0.1) is 6.61 Å². The predicted molar refractivity (Wildman–Crippen MR) is 98.0 cm³/mol. The van der Waals surface area contributed by atoms with Gasteiger partial charge in [-0.05, 0) is 67.7 Å². The van der Waals surface area contributed by atoms with Crippen molar-refractivity contribution in [1.29, 1.82) is 0 Å². The van der Waals surface area contributed by atoms with Gasteiger partial charge < -0.3 is 4.74 Å². The average Bonchev–Trinajstić information content (AvgIpc) is 2.66. The number of benzene rings is 2. The summed E-state index contributed by atoms with van der Waals surface area (Å²) in [4.78, 5) is 0. The van der Waals surface area contributed by atoms with E-state index in [9.17, 15) is 8.78 Å². The lowest BCUT2D eigenvalue weighted by Gasteiger charge is -2.28. The van der Waals surface area contributed by atoms with Gasteiger partial charge in [0.25, 0.3) is 0 Å². The Morgan fingerprint density at radius 1 is 0.880 bits per heavy atom. The van der Waals surface area contributed by atoms with Gasteiger partial charge in [-0.1, -0.05) is 37.6 Å². The zero-order valence-corrected chi connectivity index (χ0v) is 15.0. The molecule has 0 N–H and O–H groups in total. The molecule has 1 fully saturated rings. The minimum Gasteiger partial charge on any atom is -0.491 e. The lowest BCUT2D eigenvalue weighted by Crippen LogP contribution is -2.12. The molecule has 0 atom stereocenters. The van der Waals surface area contributed by atoms with Crippen molar-refractivity contribution in [2.24, 2.45) is 5.92 Å². The minimum absolute atomic E-state index is 0.0342. The van der Waals surface area contributed by atoms with E-state index < -0.39 is 11.6 Å². The lowest BCUT2D eigenvalue weighted by atomic mass is 9.77. The number of rotatable bonds is 5. The van der Waals surface area contributed by atoms with Crippen LogP contribution in [0.4, 0.5) is 8.78 Å². The first-order valence-corrected chi connectivity index (χ1v) is 9.35. The molecule has 0 spiro atoms. The van der Waals surface area contributed by atoms with Gasteiger partial charge in [-0.3, -0.25) is 0 Å². The summed E-state index contributed by atoms with van der Waals surface area (Å²) in [7, 11) is 0. The number of halogens is 2. The highest BCUT2D eigenvalue weighted by Gasteiger charge is 2.21. The fourth-order valence-electron chi connectivity index (χ4n) is 3.86. The van der Waals surface area contributed by atoms with Crippen molar-refractivity contribution in [3.05, 3.63) is 53.6 Å². The smallest absolute Gasteiger partial charge is 0.201 e. The van der Waals surface area contributed by atoms with Crippen molar-refractivity contribution in [1.82, 2.24) is 0 Å². The maximum Gasteiger partial charge on any atom is 0.201 e. The van der Waals surface area contributed by atoms with Crippen molar-refractivity contribution >= 4 is 0 Å². The third kappa shape index (κ3) is 3.86. The first-order chi connectivity index (χ1) is 12.1. The Morgan fingerprint density at radius 2 is 1.56 bits per heavy atom. The molecule has 1 aliphatic rings. The van der Waals surface area contributed by atoms with Crippen LogP contribution in [0.5, 0.6) is 5.75 Å². The Morgan fingerprint density at radius 3 is 2.16 bits per heavy atom. The van der Waals surface area contributed by atoms with E-state index in [1.54, 1.807) is 13.0 Å². The van der Waals surface area contributed by atoms with E-state index in [4.69, 9.17) is 4.74 Å². The molecule has 25 heavy (non-hydrogen) atoms. The summed E-state index contributed by atoms with van der Waals surface area (Å²) in [5.41, 5.74) is 2.29. The van der Waals surface area contributed by atoms with Crippen molar-refractivity contribution in [2.45, 2.75) is 51.9 Å². The van der Waals surface area contributed by atoms with Gasteiger partial charge in [-0.25, -0.2) is 4.39 Å². The molecular weight excluding hydrogens is 318 g/mol. The number of hydrogen-bond acceptors (Lipinski definition) is 1. The fourth-order valence-corrected chi connectivity index (χ4v) is 3.86. The average molecular weight is 344 g/mol. The van der Waals surface area contributed by atoms with Crippen LogP contribution in [0.15, 0.2) is 36.4 Å². The molecule has 1 saturated carbocycles. The third-order valence-corrected chi connectivity index (χ3v) is 5.46. The Kier molecular flexibility index (Phi) is 5.72. The molecule has 2 aromatic rings. The Bertz CT molecular complexity index is 701. The first-order valence-electron chi connectivity index (χ1n) is 9.35. The van der Waals surface area contributed by atoms with Crippen LogP contribution < -0.4 is 4.74 Å². The number of hydrogen-bond donors (Lipinski definition) is 0. The molecule has 1 aliphatic carbocycles. The Balaban J connectivity index is 1.78. The zero-order valence-electron chi connectivity index (χ0n) is 15.0. The Labute approximate surface area is 149 Å². The van der Waals surface area contributed by atoms with Crippen LogP contribution >= 0.6 is 0 Å². The predicted octanol–water partition coefficient (Wildman–Crippen LogP) is 6.71. The standard InChI is InChI=1S/C22H26F2O/c1-3-15-5-7-16(8-6-15)17-9-11-18(12-10-17)19-13-14-20(25-4-2)22(24)21(19)23/h9-16H,3-8H2,1-2H3. The zero-order chi connectivity index (χ0) is 17.8. The minimum atomic E-state index is -0.915. The molecule has 3 heteroatoms. The molecule has 0 amide bonds. The van der Waals surface area contributed by atoms with Crippen LogP contribution in [-0.2, 0) is 0 Å². The molecule has 134 valence electrons. The van der Waals surface area contributed by atoms with Crippen molar-refractivity contribution < 1.29 is 13.5 Å². The quantitative estimate of drug-likeness (QED) is 0.585. The molecule has 0 saturated heterocycles. The second-order valence-electron chi connectivity index (χ2n) is 6.92. The van der Waals surface area contributed by atoms with E-state index in [0.29, 0.717) is 18.1 Å². The molecule has 0 bridgehead atoms. The highest BCUT2D eigenvalue weighted by Crippen LogP contribution is 2.38. The summed E-state index contributed by atoms with van der Waals surface area (Å²) < 4.78 is 33.5. The van der Waals surface area contributed by atoms with E-state index in [0.717, 1.165) is 5.92 Å². The van der Waals surface area contributed by atoms with Crippen molar-refractivity contribution in [3.8, 4) is 16.9 Å². The van der Waals surface area contributed by atoms with Gasteiger partial charge in [0, 0.05) is 5.56 Å². The summed E-state index contributed by atoms with van der Waals surface area (Å²) >= 11 is 0. The van der Waals surface area contributed by atoms with E-state index in [1.165, 1.54) is 43.7 Å². The van der Waals surface area contributed by atoms with Crippen LogP contribution in [-0.4, -0.2) is 6.61 Å². The van der Waals surface area contributed by atoms with Crippen LogP contribution in [0.25, 0.3) is 11.1 Å². The molecular formula is C22H26F2O. The summed E-state index contributed by atoms with van der Waals surface area (Å²) in [5.74, 6) is -0.327. The van der Waals surface area contributed by atoms with E-state index in [-0.39, 0.29) is 11.3 Å². The van der Waals surface area contributed by atoms with Gasteiger partial charge in [-0.2, -0.15) is 4.39 Å². The first kappa shape index (κ1) is 17.9. The van der Waals surface area contributed by atoms with Gasteiger partial charge in [0.15, 0.2) is 11.6 Å². The van der Waals surface area contributed by atoms with Gasteiger partial charge in [0.2, 0.25) is 5.82 Å². The molecule has 0 aliphatic heterocycles. The second kappa shape index (κ2) is 7.99. The molecule has 0 radical (unpaired) electrons. The van der Waals surface area contributed by atoms with Crippen LogP contribution in [0.2, 0.25) is 0 Å².